The highest BCUT2D eigenvalue weighted by Gasteiger charge is 2.31. The van der Waals surface area contributed by atoms with Crippen molar-refractivity contribution < 1.29 is 48.4 Å². The number of carbonyl (C=O) groups excluding carboxylic acids is 3. The number of rotatable bonds is 15. The molecule has 3 aromatic carbocycles. The molecule has 1 aromatic heterocycles. The molecule has 0 saturated carbocycles. The lowest BCUT2D eigenvalue weighted by atomic mass is 9.92. The van der Waals surface area contributed by atoms with Crippen molar-refractivity contribution in [2.75, 3.05) is 14.2 Å². The summed E-state index contributed by atoms with van der Waals surface area (Å²) in [5.41, 5.74) is 4.07. The van der Waals surface area contributed by atoms with Crippen molar-refractivity contribution in [2.45, 2.75) is 64.3 Å². The Kier molecular flexibility index (Phi) is 12.6. The Hall–Kier alpha value is -5.33. The van der Waals surface area contributed by atoms with Gasteiger partial charge in [-0.05, 0) is 74.1 Å². The van der Waals surface area contributed by atoms with Crippen LogP contribution in [0.15, 0.2) is 72.8 Å². The van der Waals surface area contributed by atoms with E-state index >= 15 is 0 Å². The number of carbonyl (C=O) groups is 4. The van der Waals surface area contributed by atoms with E-state index in [1.807, 2.05) is 48.7 Å². The van der Waals surface area contributed by atoms with Crippen molar-refractivity contribution >= 4 is 23.8 Å². The van der Waals surface area contributed by atoms with Crippen LogP contribution in [-0.2, 0) is 27.2 Å². The molecule has 0 fully saturated rings. The summed E-state index contributed by atoms with van der Waals surface area (Å²) < 4.78 is 25.7. The molecule has 0 aliphatic rings. The molecule has 1 amide bonds. The van der Waals surface area contributed by atoms with Crippen LogP contribution in [0.1, 0.15) is 81.6 Å². The Morgan fingerprint density at radius 2 is 1.44 bits per heavy atom. The molecule has 1 heterocycles. The second-order valence-electron chi connectivity index (χ2n) is 12.1. The Morgan fingerprint density at radius 1 is 0.820 bits per heavy atom. The summed E-state index contributed by atoms with van der Waals surface area (Å²) in [4.78, 5) is 50.2. The van der Waals surface area contributed by atoms with Crippen LogP contribution in [0.2, 0.25) is 0 Å². The lowest BCUT2D eigenvalue weighted by Crippen LogP contribution is -2.27. The number of hydrogen-bond donors (Lipinski definition) is 4. The highest BCUT2D eigenvalue weighted by atomic mass is 19.1. The van der Waals surface area contributed by atoms with Gasteiger partial charge in [-0.15, -0.1) is 0 Å². The maximum absolute atomic E-state index is 14.4. The third-order valence-electron chi connectivity index (χ3n) is 8.25. The van der Waals surface area contributed by atoms with E-state index in [1.165, 1.54) is 38.5 Å². The van der Waals surface area contributed by atoms with E-state index in [0.717, 1.165) is 0 Å². The van der Waals surface area contributed by atoms with Crippen LogP contribution in [0.25, 0.3) is 22.3 Å². The highest BCUT2D eigenvalue weighted by Crippen LogP contribution is 2.42. The van der Waals surface area contributed by atoms with Gasteiger partial charge in [-0.2, -0.15) is 0 Å². The van der Waals surface area contributed by atoms with Crippen molar-refractivity contribution in [3.63, 3.8) is 0 Å². The van der Waals surface area contributed by atoms with Gasteiger partial charge in [0, 0.05) is 29.4 Å². The number of benzene rings is 3. The third-order valence-corrected chi connectivity index (χ3v) is 8.25. The Bertz CT molecular complexity index is 1840. The smallest absolute Gasteiger partial charge is 0.338 e. The number of nitrogens with zero attached hydrogens (tertiary/aromatic N) is 1. The molecule has 0 spiro atoms. The van der Waals surface area contributed by atoms with Crippen LogP contribution in [-0.4, -0.2) is 70.1 Å². The number of aliphatic hydroxyl groups is 2. The molecule has 0 bridgehead atoms. The number of aromatic nitrogens is 1. The van der Waals surface area contributed by atoms with Crippen LogP contribution >= 0.6 is 0 Å². The zero-order chi connectivity index (χ0) is 36.5. The second-order valence-corrected chi connectivity index (χ2v) is 12.1. The van der Waals surface area contributed by atoms with Gasteiger partial charge >= 0.3 is 17.9 Å². The quantitative estimate of drug-likeness (QED) is 0.117. The molecule has 2 unspecified atom stereocenters. The standard InChI is InChI=1S/C38H41FN2O9/c1-22(2)41-31(17-15-27(42)19-28(43)20-32(44)45)33(25-11-13-26(39)14-12-25)34(24-8-6-5-7-9-24)35(41)36(46)40-21-23-10-16-29(37(47)49-3)30(18-23)38(48)50-4/h5-14,16,18,22,27-28,42-43H,15,17,19-21H2,1-4H3,(H,40,46)(H,44,45). The molecule has 50 heavy (non-hydrogen) atoms. The first-order chi connectivity index (χ1) is 23.9. The van der Waals surface area contributed by atoms with E-state index in [0.29, 0.717) is 39.2 Å². The van der Waals surface area contributed by atoms with E-state index in [2.05, 4.69) is 5.32 Å². The molecular formula is C38H41FN2O9. The number of nitrogens with one attached hydrogen (secondary N) is 1. The summed E-state index contributed by atoms with van der Waals surface area (Å²) in [6.07, 6.45) is -2.57. The van der Waals surface area contributed by atoms with Gasteiger partial charge < -0.3 is 34.7 Å². The molecule has 0 aliphatic carbocycles. The molecule has 4 N–H and O–H groups in total. The number of carboxylic acid groups (broad SMARTS) is 1. The molecule has 0 saturated heterocycles. The number of ether oxygens (including phenoxy) is 2. The fourth-order valence-electron chi connectivity index (χ4n) is 6.04. The van der Waals surface area contributed by atoms with Crippen LogP contribution in [0.3, 0.4) is 0 Å². The molecule has 11 nitrogen and oxygen atoms in total. The van der Waals surface area contributed by atoms with Gasteiger partial charge in [0.05, 0.1) is 44.0 Å². The predicted octanol–water partition coefficient (Wildman–Crippen LogP) is 5.56. The SMILES string of the molecule is COC(=O)c1ccc(CNC(=O)c2c(-c3ccccc3)c(-c3ccc(F)cc3)c(CCC(O)CC(O)CC(=O)O)n2C(C)C)cc1C(=O)OC. The molecule has 4 rings (SSSR count). The number of halogens is 1. The van der Waals surface area contributed by atoms with Gasteiger partial charge in [0.15, 0.2) is 0 Å². The van der Waals surface area contributed by atoms with Gasteiger partial charge in [-0.1, -0.05) is 48.5 Å². The summed E-state index contributed by atoms with van der Waals surface area (Å²) >= 11 is 0. The highest BCUT2D eigenvalue weighted by molar-refractivity contribution is 6.05. The van der Waals surface area contributed by atoms with E-state index in [4.69, 9.17) is 14.6 Å². The van der Waals surface area contributed by atoms with Crippen molar-refractivity contribution in [3.05, 3.63) is 107 Å². The normalized spacial score (nSPS) is 12.3. The number of hydrogen-bond acceptors (Lipinski definition) is 8. The van der Waals surface area contributed by atoms with E-state index in [1.54, 1.807) is 18.2 Å². The van der Waals surface area contributed by atoms with Gasteiger partial charge in [0.2, 0.25) is 0 Å². The minimum absolute atomic E-state index is 0.0146. The maximum atomic E-state index is 14.4. The number of carboxylic acids is 1. The number of methoxy groups -OCH3 is 2. The first-order valence-corrected chi connectivity index (χ1v) is 16.1. The molecule has 12 heteroatoms. The fourth-order valence-corrected chi connectivity index (χ4v) is 6.04. The summed E-state index contributed by atoms with van der Waals surface area (Å²) in [6.45, 7) is 3.79. The topological polar surface area (TPSA) is 164 Å². The zero-order valence-electron chi connectivity index (χ0n) is 28.3. The number of esters is 2. The van der Waals surface area contributed by atoms with Crippen molar-refractivity contribution in [3.8, 4) is 22.3 Å². The lowest BCUT2D eigenvalue weighted by Gasteiger charge is -2.20. The van der Waals surface area contributed by atoms with E-state index in [9.17, 15) is 33.8 Å². The number of aliphatic hydroxyl groups excluding tert-OH is 2. The monoisotopic (exact) mass is 688 g/mol. The van der Waals surface area contributed by atoms with Crippen molar-refractivity contribution in [1.82, 2.24) is 9.88 Å². The molecule has 4 aromatic rings. The summed E-state index contributed by atoms with van der Waals surface area (Å²) in [6, 6.07) is 19.3. The number of amides is 1. The average molecular weight is 689 g/mol. The number of aliphatic carboxylic acids is 1. The molecule has 0 aliphatic heterocycles. The molecule has 0 radical (unpaired) electrons. The Morgan fingerprint density at radius 3 is 2.04 bits per heavy atom. The minimum Gasteiger partial charge on any atom is -0.481 e. The predicted molar refractivity (Wildman–Crippen MR) is 183 cm³/mol. The first-order valence-electron chi connectivity index (χ1n) is 16.1. The zero-order valence-corrected chi connectivity index (χ0v) is 28.3. The van der Waals surface area contributed by atoms with Crippen molar-refractivity contribution in [1.29, 1.82) is 0 Å². The van der Waals surface area contributed by atoms with Crippen LogP contribution in [0.4, 0.5) is 4.39 Å². The Labute approximate surface area is 289 Å². The fraction of sp³-hybridized carbons (Fsp3) is 0.316. The summed E-state index contributed by atoms with van der Waals surface area (Å²) in [5, 5.41) is 33.0. The largest absolute Gasteiger partial charge is 0.481 e. The summed E-state index contributed by atoms with van der Waals surface area (Å²) in [7, 11) is 2.39. The van der Waals surface area contributed by atoms with Gasteiger partial charge in [-0.3, -0.25) is 9.59 Å². The van der Waals surface area contributed by atoms with E-state index < -0.39 is 48.3 Å². The molecular weight excluding hydrogens is 647 g/mol. The first kappa shape index (κ1) is 37.5. The average Bonchev–Trinajstić information content (AvgIpc) is 3.44. The second kappa shape index (κ2) is 16.9. The lowest BCUT2D eigenvalue weighted by molar-refractivity contribution is -0.139. The maximum Gasteiger partial charge on any atom is 0.338 e. The van der Waals surface area contributed by atoms with Crippen LogP contribution in [0, 0.1) is 5.82 Å². The van der Waals surface area contributed by atoms with Gasteiger partial charge in [0.25, 0.3) is 5.91 Å². The summed E-state index contributed by atoms with van der Waals surface area (Å²) in [5.74, 6) is -3.54. The Balaban J connectivity index is 1.84. The van der Waals surface area contributed by atoms with Crippen LogP contribution in [0.5, 0.6) is 0 Å². The molecule has 2 atom stereocenters. The van der Waals surface area contributed by atoms with Gasteiger partial charge in [-0.25, -0.2) is 14.0 Å². The van der Waals surface area contributed by atoms with Gasteiger partial charge in [0.1, 0.15) is 11.5 Å². The third kappa shape index (κ3) is 8.82. The van der Waals surface area contributed by atoms with Crippen molar-refractivity contribution in [2.24, 2.45) is 0 Å². The minimum atomic E-state index is -1.24. The van der Waals surface area contributed by atoms with Crippen LogP contribution < -0.4 is 5.32 Å². The molecule has 264 valence electrons. The van der Waals surface area contributed by atoms with E-state index in [-0.39, 0.29) is 43.0 Å².